The van der Waals surface area contributed by atoms with Gasteiger partial charge in [0.25, 0.3) is 5.70 Å². The van der Waals surface area contributed by atoms with Crippen molar-refractivity contribution in [1.29, 1.82) is 0 Å². The van der Waals surface area contributed by atoms with Crippen LogP contribution in [-0.2, 0) is 0 Å². The lowest BCUT2D eigenvalue weighted by Gasteiger charge is -2.42. The van der Waals surface area contributed by atoms with Crippen LogP contribution in [-0.4, -0.2) is 68.1 Å². The van der Waals surface area contributed by atoms with Crippen LogP contribution >= 0.6 is 0 Å². The van der Waals surface area contributed by atoms with E-state index in [-0.39, 0.29) is 22.2 Å². The Morgan fingerprint density at radius 3 is 2.47 bits per heavy atom. The van der Waals surface area contributed by atoms with Crippen molar-refractivity contribution in [3.05, 3.63) is 34.0 Å². The van der Waals surface area contributed by atoms with Crippen molar-refractivity contribution in [2.75, 3.05) is 41.8 Å². The van der Waals surface area contributed by atoms with Crippen LogP contribution in [0.25, 0.3) is 0 Å². The third-order valence-electron chi connectivity index (χ3n) is 3.61. The van der Waals surface area contributed by atoms with E-state index in [1.807, 2.05) is 46.2 Å². The maximum Gasteiger partial charge on any atom is 0.266 e. The summed E-state index contributed by atoms with van der Waals surface area (Å²) < 4.78 is 0. The van der Waals surface area contributed by atoms with E-state index in [1.54, 1.807) is 12.2 Å². The smallest absolute Gasteiger partial charge is 0.266 e. The molecule has 1 rings (SSSR count). The summed E-state index contributed by atoms with van der Waals surface area (Å²) in [6.07, 6.45) is 6.15. The zero-order chi connectivity index (χ0) is 14.6. The van der Waals surface area contributed by atoms with Crippen LogP contribution in [0.2, 0.25) is 0 Å². The van der Waals surface area contributed by atoms with Crippen molar-refractivity contribution in [2.45, 2.75) is 18.0 Å². The molecule has 0 aromatic rings. The van der Waals surface area contributed by atoms with Crippen molar-refractivity contribution in [3.63, 3.8) is 0 Å². The zero-order valence-electron chi connectivity index (χ0n) is 12.4. The van der Waals surface area contributed by atoms with Gasteiger partial charge in [-0.2, -0.15) is 0 Å². The molecule has 1 aliphatic rings. The standard InChI is InChI=1S/C13H24N4O2/c1-14-13(8-9-15(2)3)7-6-11(17(18)19)10-12(13)16(4)5/h6-7,10,12,14H,8-9H2,1-5H3. The van der Waals surface area contributed by atoms with Crippen LogP contribution in [0.1, 0.15) is 6.42 Å². The van der Waals surface area contributed by atoms with Gasteiger partial charge >= 0.3 is 0 Å². The van der Waals surface area contributed by atoms with E-state index in [1.165, 1.54) is 0 Å². The van der Waals surface area contributed by atoms with E-state index in [0.717, 1.165) is 13.0 Å². The fourth-order valence-electron chi connectivity index (χ4n) is 2.43. The Bertz CT molecular complexity index is 390. The van der Waals surface area contributed by atoms with Crippen LogP contribution in [0.4, 0.5) is 0 Å². The summed E-state index contributed by atoms with van der Waals surface area (Å²) in [5, 5.41) is 14.3. The van der Waals surface area contributed by atoms with E-state index < -0.39 is 0 Å². The first kappa shape index (κ1) is 15.8. The van der Waals surface area contributed by atoms with Gasteiger partial charge in [0.15, 0.2) is 0 Å². The molecule has 2 unspecified atom stereocenters. The first-order valence-corrected chi connectivity index (χ1v) is 6.38. The molecule has 0 aromatic carbocycles. The summed E-state index contributed by atoms with van der Waals surface area (Å²) in [7, 11) is 9.85. The van der Waals surface area contributed by atoms with Gasteiger partial charge in [0, 0.05) is 12.2 Å². The number of likely N-dealkylation sites (N-methyl/N-ethyl adjacent to an activating group) is 2. The van der Waals surface area contributed by atoms with Gasteiger partial charge < -0.3 is 15.1 Å². The Morgan fingerprint density at radius 1 is 1.42 bits per heavy atom. The molecule has 2 atom stereocenters. The zero-order valence-corrected chi connectivity index (χ0v) is 12.4. The van der Waals surface area contributed by atoms with Gasteiger partial charge in [0.2, 0.25) is 0 Å². The molecule has 1 aliphatic carbocycles. The Kier molecular flexibility index (Phi) is 5.22. The third-order valence-corrected chi connectivity index (χ3v) is 3.61. The van der Waals surface area contributed by atoms with Gasteiger partial charge in [0.05, 0.1) is 16.5 Å². The number of nitrogens with one attached hydrogen (secondary N) is 1. The second-order valence-corrected chi connectivity index (χ2v) is 5.43. The predicted octanol–water partition coefficient (Wildman–Crippen LogP) is 0.557. The van der Waals surface area contributed by atoms with Gasteiger partial charge in [-0.1, -0.05) is 6.08 Å². The SMILES string of the molecule is CNC1(CCN(C)C)C=CC([N+](=O)[O-])=CC1N(C)C. The van der Waals surface area contributed by atoms with E-state index >= 15 is 0 Å². The van der Waals surface area contributed by atoms with Gasteiger partial charge in [-0.15, -0.1) is 0 Å². The molecular formula is C13H24N4O2. The maximum atomic E-state index is 10.9. The highest BCUT2D eigenvalue weighted by Crippen LogP contribution is 2.28. The third kappa shape index (κ3) is 3.62. The fraction of sp³-hybridized carbons (Fsp3) is 0.692. The second kappa shape index (κ2) is 6.27. The van der Waals surface area contributed by atoms with Crippen molar-refractivity contribution >= 4 is 0 Å². The number of rotatable bonds is 6. The van der Waals surface area contributed by atoms with Crippen molar-refractivity contribution in [1.82, 2.24) is 15.1 Å². The van der Waals surface area contributed by atoms with E-state index in [9.17, 15) is 10.1 Å². The highest BCUT2D eigenvalue weighted by Gasteiger charge is 2.39. The van der Waals surface area contributed by atoms with Gasteiger partial charge in [0.1, 0.15) is 0 Å². The largest absolute Gasteiger partial charge is 0.309 e. The minimum Gasteiger partial charge on any atom is -0.309 e. The molecule has 0 amide bonds. The summed E-state index contributed by atoms with van der Waals surface area (Å²) in [5.74, 6) is 0. The molecule has 1 N–H and O–H groups in total. The van der Waals surface area contributed by atoms with Crippen LogP contribution in [0, 0.1) is 10.1 Å². The number of nitro groups is 1. The molecule has 6 heteroatoms. The minimum absolute atomic E-state index is 0.0390. The van der Waals surface area contributed by atoms with Gasteiger partial charge in [-0.05, 0) is 48.2 Å². The summed E-state index contributed by atoms with van der Waals surface area (Å²) in [6.45, 7) is 0.914. The highest BCUT2D eigenvalue weighted by molar-refractivity contribution is 5.31. The van der Waals surface area contributed by atoms with Crippen LogP contribution in [0.5, 0.6) is 0 Å². The summed E-state index contributed by atoms with van der Waals surface area (Å²) in [5.41, 5.74) is -0.109. The summed E-state index contributed by atoms with van der Waals surface area (Å²) >= 11 is 0. The quantitative estimate of drug-likeness (QED) is 0.563. The van der Waals surface area contributed by atoms with Crippen LogP contribution in [0.3, 0.4) is 0 Å². The van der Waals surface area contributed by atoms with E-state index in [2.05, 4.69) is 10.2 Å². The molecule has 108 valence electrons. The Morgan fingerprint density at radius 2 is 2.05 bits per heavy atom. The Labute approximate surface area is 114 Å². The van der Waals surface area contributed by atoms with Crippen molar-refractivity contribution < 1.29 is 4.92 Å². The number of hydrogen-bond donors (Lipinski definition) is 1. The number of nitrogens with zero attached hydrogens (tertiary/aromatic N) is 3. The fourth-order valence-corrected chi connectivity index (χ4v) is 2.43. The van der Waals surface area contributed by atoms with E-state index in [4.69, 9.17) is 0 Å². The lowest BCUT2D eigenvalue weighted by Crippen LogP contribution is -2.58. The molecule has 0 bridgehead atoms. The van der Waals surface area contributed by atoms with Crippen LogP contribution < -0.4 is 5.32 Å². The summed E-state index contributed by atoms with van der Waals surface area (Å²) in [6, 6.07) is -0.0390. The molecule has 0 radical (unpaired) electrons. The molecular weight excluding hydrogens is 244 g/mol. The molecule has 0 aliphatic heterocycles. The molecule has 6 nitrogen and oxygen atoms in total. The first-order chi connectivity index (χ1) is 8.82. The molecule has 0 spiro atoms. The predicted molar refractivity (Wildman–Crippen MR) is 76.7 cm³/mol. The lowest BCUT2D eigenvalue weighted by molar-refractivity contribution is -0.419. The minimum atomic E-state index is -0.335. The molecule has 0 saturated heterocycles. The lowest BCUT2D eigenvalue weighted by atomic mass is 9.81. The number of allylic oxidation sites excluding steroid dienone is 1. The highest BCUT2D eigenvalue weighted by atomic mass is 16.6. The molecule has 0 aromatic heterocycles. The molecule has 0 heterocycles. The Hall–Kier alpha value is -1.24. The summed E-state index contributed by atoms with van der Waals surface area (Å²) in [4.78, 5) is 14.7. The first-order valence-electron chi connectivity index (χ1n) is 6.38. The van der Waals surface area contributed by atoms with Gasteiger partial charge in [-0.3, -0.25) is 10.1 Å². The number of hydrogen-bond acceptors (Lipinski definition) is 5. The average molecular weight is 268 g/mol. The van der Waals surface area contributed by atoms with Gasteiger partial charge in [-0.25, -0.2) is 0 Å². The second-order valence-electron chi connectivity index (χ2n) is 5.43. The topological polar surface area (TPSA) is 61.6 Å². The van der Waals surface area contributed by atoms with E-state index in [0.29, 0.717) is 0 Å². The Balaban J connectivity index is 3.04. The maximum absolute atomic E-state index is 10.9. The van der Waals surface area contributed by atoms with Crippen molar-refractivity contribution in [3.8, 4) is 0 Å². The average Bonchev–Trinajstić information content (AvgIpc) is 2.35. The van der Waals surface area contributed by atoms with Crippen LogP contribution in [0.15, 0.2) is 23.9 Å². The van der Waals surface area contributed by atoms with Crippen molar-refractivity contribution in [2.24, 2.45) is 0 Å². The molecule has 19 heavy (non-hydrogen) atoms. The molecule has 0 saturated carbocycles. The monoisotopic (exact) mass is 268 g/mol. The molecule has 0 fully saturated rings. The normalized spacial score (nSPS) is 26.9.